The molecule has 0 radical (unpaired) electrons. The topological polar surface area (TPSA) is 65.6 Å². The van der Waals surface area contributed by atoms with E-state index in [1.807, 2.05) is 56.3 Å². The number of nitrogens with zero attached hydrogens (tertiary/aromatic N) is 3. The van der Waals surface area contributed by atoms with Crippen LogP contribution in [-0.4, -0.2) is 21.7 Å². The first-order valence-corrected chi connectivity index (χ1v) is 15.6. The average Bonchev–Trinajstić information content (AvgIpc) is 3.42. The Hall–Kier alpha value is -3.68. The first-order chi connectivity index (χ1) is 20.1. The van der Waals surface area contributed by atoms with Crippen LogP contribution in [0.3, 0.4) is 0 Å². The highest BCUT2D eigenvalue weighted by atomic mass is 35.5. The number of aromatic nitrogens is 2. The SMILES string of the molecule is CCCC1=C(C(=O)OCC)[C@H](c2ccc(C(C)C)cc2)n2c(s/c(=C\c3cc(C)n(-c4ccc(Cl)cc4)c3C)c2=O)=N1. The summed E-state index contributed by atoms with van der Waals surface area (Å²) >= 11 is 7.48. The smallest absolute Gasteiger partial charge is 0.338 e. The van der Waals surface area contributed by atoms with Gasteiger partial charge in [0.2, 0.25) is 0 Å². The predicted molar refractivity (Wildman–Crippen MR) is 170 cm³/mol. The molecule has 1 aliphatic rings. The van der Waals surface area contributed by atoms with Gasteiger partial charge in [0.15, 0.2) is 4.80 Å². The van der Waals surface area contributed by atoms with Crippen LogP contribution in [0.5, 0.6) is 0 Å². The van der Waals surface area contributed by atoms with Crippen LogP contribution in [0.15, 0.2) is 75.7 Å². The van der Waals surface area contributed by atoms with Crippen molar-refractivity contribution in [1.82, 2.24) is 9.13 Å². The molecule has 1 atom stereocenters. The summed E-state index contributed by atoms with van der Waals surface area (Å²) in [6.07, 6.45) is 3.36. The summed E-state index contributed by atoms with van der Waals surface area (Å²) in [4.78, 5) is 33.1. The number of carbonyl (C=O) groups is 1. The maximum Gasteiger partial charge on any atom is 0.338 e. The van der Waals surface area contributed by atoms with Crippen LogP contribution in [-0.2, 0) is 9.53 Å². The van der Waals surface area contributed by atoms with Crippen molar-refractivity contribution >= 4 is 35.0 Å². The number of thiazole rings is 1. The molecule has 0 amide bonds. The van der Waals surface area contributed by atoms with Gasteiger partial charge in [-0.25, -0.2) is 9.79 Å². The van der Waals surface area contributed by atoms with Gasteiger partial charge in [-0.1, -0.05) is 74.4 Å². The van der Waals surface area contributed by atoms with E-state index < -0.39 is 12.0 Å². The Morgan fingerprint density at radius 1 is 1.10 bits per heavy atom. The molecule has 4 aromatic rings. The summed E-state index contributed by atoms with van der Waals surface area (Å²) in [5, 5.41) is 0.681. The molecule has 0 fully saturated rings. The largest absolute Gasteiger partial charge is 0.463 e. The molecule has 0 N–H and O–H groups in total. The fraction of sp³-hybridized carbons (Fsp3) is 0.324. The van der Waals surface area contributed by atoms with E-state index >= 15 is 0 Å². The second-order valence-electron chi connectivity index (χ2n) is 10.9. The van der Waals surface area contributed by atoms with Crippen molar-refractivity contribution in [3.63, 3.8) is 0 Å². The molecular formula is C34H36ClN3O3S. The molecule has 0 aliphatic carbocycles. The van der Waals surface area contributed by atoms with Gasteiger partial charge in [-0.05, 0) is 86.2 Å². The number of hydrogen-bond acceptors (Lipinski definition) is 5. The van der Waals surface area contributed by atoms with Crippen LogP contribution >= 0.6 is 22.9 Å². The lowest BCUT2D eigenvalue weighted by atomic mass is 9.92. The van der Waals surface area contributed by atoms with E-state index in [1.54, 1.807) is 11.5 Å². The minimum atomic E-state index is -0.619. The molecule has 0 saturated heterocycles. The highest BCUT2D eigenvalue weighted by Gasteiger charge is 2.34. The molecule has 3 heterocycles. The molecule has 5 rings (SSSR count). The minimum Gasteiger partial charge on any atom is -0.463 e. The summed E-state index contributed by atoms with van der Waals surface area (Å²) in [6, 6.07) is 17.4. The van der Waals surface area contributed by atoms with Crippen molar-refractivity contribution in [3.8, 4) is 5.69 Å². The van der Waals surface area contributed by atoms with E-state index in [2.05, 4.69) is 43.5 Å². The van der Waals surface area contributed by atoms with Crippen LogP contribution < -0.4 is 14.9 Å². The molecule has 42 heavy (non-hydrogen) atoms. The zero-order valence-electron chi connectivity index (χ0n) is 24.9. The van der Waals surface area contributed by atoms with E-state index in [0.29, 0.717) is 38.0 Å². The Kier molecular flexibility index (Phi) is 8.71. The molecule has 1 aliphatic heterocycles. The van der Waals surface area contributed by atoms with Gasteiger partial charge in [-0.2, -0.15) is 0 Å². The van der Waals surface area contributed by atoms with E-state index in [0.717, 1.165) is 34.6 Å². The molecule has 0 saturated carbocycles. The Bertz CT molecular complexity index is 1840. The van der Waals surface area contributed by atoms with Crippen LogP contribution in [0.4, 0.5) is 0 Å². The number of allylic oxidation sites excluding steroid dienone is 1. The third kappa shape index (κ3) is 5.55. The summed E-state index contributed by atoms with van der Waals surface area (Å²) < 4.78 is 9.91. The van der Waals surface area contributed by atoms with Gasteiger partial charge in [-0.15, -0.1) is 0 Å². The number of ether oxygens (including phenoxy) is 1. The summed E-state index contributed by atoms with van der Waals surface area (Å²) in [6.45, 7) is 12.5. The number of esters is 1. The van der Waals surface area contributed by atoms with Crippen molar-refractivity contribution < 1.29 is 9.53 Å². The van der Waals surface area contributed by atoms with Gasteiger partial charge in [0.05, 0.1) is 28.5 Å². The van der Waals surface area contributed by atoms with Gasteiger partial charge in [0, 0.05) is 22.1 Å². The van der Waals surface area contributed by atoms with E-state index in [9.17, 15) is 9.59 Å². The highest BCUT2D eigenvalue weighted by molar-refractivity contribution is 7.07. The zero-order valence-corrected chi connectivity index (χ0v) is 26.5. The maximum absolute atomic E-state index is 14.2. The first kappa shape index (κ1) is 29.8. The lowest BCUT2D eigenvalue weighted by molar-refractivity contribution is -0.139. The summed E-state index contributed by atoms with van der Waals surface area (Å²) in [5.41, 5.74) is 7.01. The first-order valence-electron chi connectivity index (χ1n) is 14.4. The molecular weight excluding hydrogens is 566 g/mol. The quantitative estimate of drug-likeness (QED) is 0.210. The number of hydrogen-bond donors (Lipinski definition) is 0. The monoisotopic (exact) mass is 601 g/mol. The standard InChI is InChI=1S/C34H36ClN3O3S/c1-7-9-28-30(33(40)41-8-2)31(24-12-10-23(11-13-24)20(3)4)38-32(39)29(42-34(38)36-28)19-25-18-21(5)37(22(25)6)27-16-14-26(35)15-17-27/h10-20,31H,7-9H2,1-6H3/b29-19-/t31-/m0/s1. The number of benzene rings is 2. The van der Waals surface area contributed by atoms with Crippen molar-refractivity contribution in [2.45, 2.75) is 66.3 Å². The maximum atomic E-state index is 14.2. The number of fused-ring (bicyclic) bond motifs is 1. The Balaban J connectivity index is 1.71. The minimum absolute atomic E-state index is 0.176. The predicted octanol–water partition coefficient (Wildman–Crippen LogP) is 6.76. The van der Waals surface area contributed by atoms with Gasteiger partial charge >= 0.3 is 5.97 Å². The molecule has 0 unspecified atom stereocenters. The van der Waals surface area contributed by atoms with Crippen molar-refractivity contribution in [2.75, 3.05) is 6.61 Å². The third-order valence-corrected chi connectivity index (χ3v) is 8.89. The second kappa shape index (κ2) is 12.3. The van der Waals surface area contributed by atoms with Gasteiger partial charge in [-0.3, -0.25) is 9.36 Å². The Labute approximate surface area is 255 Å². The Morgan fingerprint density at radius 2 is 1.79 bits per heavy atom. The van der Waals surface area contributed by atoms with Gasteiger partial charge in [0.25, 0.3) is 5.56 Å². The fourth-order valence-electron chi connectivity index (χ4n) is 5.56. The van der Waals surface area contributed by atoms with Crippen molar-refractivity contribution in [3.05, 3.63) is 119 Å². The normalized spacial score (nSPS) is 15.2. The van der Waals surface area contributed by atoms with E-state index in [1.165, 1.54) is 16.9 Å². The number of aryl methyl sites for hydroxylation is 1. The molecule has 2 aromatic heterocycles. The summed E-state index contributed by atoms with van der Waals surface area (Å²) in [5.74, 6) is -0.0629. The van der Waals surface area contributed by atoms with E-state index in [4.69, 9.17) is 21.3 Å². The lowest BCUT2D eigenvalue weighted by Crippen LogP contribution is -2.40. The van der Waals surface area contributed by atoms with Crippen LogP contribution in [0.2, 0.25) is 5.02 Å². The molecule has 0 bridgehead atoms. The van der Waals surface area contributed by atoms with Crippen molar-refractivity contribution in [1.29, 1.82) is 0 Å². The fourth-order valence-corrected chi connectivity index (χ4v) is 6.70. The summed E-state index contributed by atoms with van der Waals surface area (Å²) in [7, 11) is 0. The van der Waals surface area contributed by atoms with Crippen LogP contribution in [0.1, 0.15) is 80.6 Å². The van der Waals surface area contributed by atoms with Crippen molar-refractivity contribution in [2.24, 2.45) is 4.99 Å². The molecule has 6 nitrogen and oxygen atoms in total. The zero-order chi connectivity index (χ0) is 30.1. The lowest BCUT2D eigenvalue weighted by Gasteiger charge is -2.26. The Morgan fingerprint density at radius 3 is 2.40 bits per heavy atom. The molecule has 0 spiro atoms. The highest BCUT2D eigenvalue weighted by Crippen LogP contribution is 2.33. The van der Waals surface area contributed by atoms with E-state index in [-0.39, 0.29) is 12.2 Å². The van der Waals surface area contributed by atoms with Gasteiger partial charge in [0.1, 0.15) is 0 Å². The molecule has 218 valence electrons. The van der Waals surface area contributed by atoms with Crippen LogP contribution in [0.25, 0.3) is 11.8 Å². The molecule has 8 heteroatoms. The number of carbonyl (C=O) groups excluding carboxylic acids is 1. The number of halogens is 1. The molecule has 2 aromatic carbocycles. The van der Waals surface area contributed by atoms with Crippen LogP contribution in [0, 0.1) is 13.8 Å². The third-order valence-electron chi connectivity index (χ3n) is 7.65. The average molecular weight is 602 g/mol. The second-order valence-corrected chi connectivity index (χ2v) is 12.3. The number of rotatable bonds is 8. The van der Waals surface area contributed by atoms with Gasteiger partial charge < -0.3 is 9.30 Å².